The number of hydrogen-bond acceptors (Lipinski definition) is 8. The quantitative estimate of drug-likeness (QED) is 0.194. The van der Waals surface area contributed by atoms with E-state index < -0.39 is 68.7 Å². The second kappa shape index (κ2) is 20.3. The second-order valence-corrected chi connectivity index (χ2v) is 17.1. The molecule has 2 aromatic rings. The molecule has 1 fully saturated rings. The number of hydrogen-bond donors (Lipinski definition) is 3. The van der Waals surface area contributed by atoms with Gasteiger partial charge in [-0.15, -0.1) is 0 Å². The molecule has 0 spiro atoms. The topological polar surface area (TPSA) is 159 Å². The Morgan fingerprint density at radius 2 is 1.65 bits per heavy atom. The van der Waals surface area contributed by atoms with Gasteiger partial charge in [0.1, 0.15) is 23.8 Å². The van der Waals surface area contributed by atoms with Gasteiger partial charge < -0.3 is 25.8 Å². The predicted molar refractivity (Wildman–Crippen MR) is 195 cm³/mol. The first kappa shape index (κ1) is 42.4. The van der Waals surface area contributed by atoms with Crippen LogP contribution in [0.15, 0.2) is 42.5 Å². The number of sulfonamides is 1. The van der Waals surface area contributed by atoms with Crippen LogP contribution >= 0.6 is 0 Å². The Kier molecular flexibility index (Phi) is 16.9. The van der Waals surface area contributed by atoms with Gasteiger partial charge in [-0.05, 0) is 67.3 Å². The minimum Gasteiger partial charge on any atom is -0.446 e. The highest BCUT2D eigenvalue weighted by molar-refractivity contribution is 7.88. The number of alkyl carbamates (subject to hydrolysis) is 1. The predicted octanol–water partition coefficient (Wildman–Crippen LogP) is 4.02. The molecule has 15 heteroatoms. The number of carbonyl (C=O) groups is 2. The number of benzene rings is 2. The number of nitrogens with one attached hydrogen (secondary N) is 1. The average Bonchev–Trinajstić information content (AvgIpc) is 3.06. The molecule has 4 atom stereocenters. The van der Waals surface area contributed by atoms with Gasteiger partial charge >= 0.3 is 6.09 Å². The van der Waals surface area contributed by atoms with Crippen molar-refractivity contribution >= 4 is 32.8 Å². The molecule has 286 valence electrons. The molecule has 2 amide bonds. The van der Waals surface area contributed by atoms with E-state index in [-0.39, 0.29) is 62.0 Å². The van der Waals surface area contributed by atoms with Crippen molar-refractivity contribution in [3.8, 4) is 0 Å². The van der Waals surface area contributed by atoms with Gasteiger partial charge in [-0.2, -0.15) is 0 Å². The van der Waals surface area contributed by atoms with Gasteiger partial charge in [-0.25, -0.2) is 26.3 Å². The summed E-state index contributed by atoms with van der Waals surface area (Å²) in [6.07, 6.45) is 2.45. The fourth-order valence-corrected chi connectivity index (χ4v) is 8.95. The summed E-state index contributed by atoms with van der Waals surface area (Å²) in [4.78, 5) is 29.1. The summed E-state index contributed by atoms with van der Waals surface area (Å²) in [5, 5.41) is 13.7. The van der Waals surface area contributed by atoms with Crippen molar-refractivity contribution in [2.75, 3.05) is 31.6 Å². The highest BCUT2D eigenvalue weighted by atomic mass is 32.2. The molecule has 1 aliphatic rings. The van der Waals surface area contributed by atoms with Gasteiger partial charge in [0.15, 0.2) is 0 Å². The zero-order valence-electron chi connectivity index (χ0n) is 30.1. The lowest BCUT2D eigenvalue weighted by atomic mass is 10.0. The zero-order chi connectivity index (χ0) is 37.7. The number of halogens is 2. The smallest absolute Gasteiger partial charge is 0.408 e. The number of nitrogens with zero attached hydrogens (tertiary/aromatic N) is 2. The number of aryl methyl sites for hydroxylation is 1. The summed E-state index contributed by atoms with van der Waals surface area (Å²) in [5.41, 5.74) is 8.33. The molecular formula is C36H54F2N4O7S2. The van der Waals surface area contributed by atoms with Crippen molar-refractivity contribution in [3.63, 3.8) is 0 Å². The van der Waals surface area contributed by atoms with Crippen molar-refractivity contribution in [2.24, 2.45) is 5.73 Å². The Bertz CT molecular complexity index is 1550. The van der Waals surface area contributed by atoms with Crippen LogP contribution in [0.25, 0.3) is 0 Å². The molecule has 1 heterocycles. The summed E-state index contributed by atoms with van der Waals surface area (Å²) in [6.45, 7) is 6.08. The fourth-order valence-electron chi connectivity index (χ4n) is 6.25. The number of nitrogens with two attached hydrogens (primary N) is 1. The van der Waals surface area contributed by atoms with Crippen molar-refractivity contribution in [1.29, 1.82) is 0 Å². The van der Waals surface area contributed by atoms with Gasteiger partial charge in [0.25, 0.3) is 0 Å². The van der Waals surface area contributed by atoms with E-state index in [4.69, 9.17) is 10.5 Å². The van der Waals surface area contributed by atoms with Crippen molar-refractivity contribution in [3.05, 3.63) is 70.8 Å². The molecule has 0 saturated carbocycles. The SMILES string of the molecule is CCCC(CCC)S(=O)CC(NC(=O)OC1CCN(S(C)(=O)=O)CC1)C(=O)N(Cc1cccc(CC)c1)C[C@@H](O)[C@@H](N)Cc1cc(F)cc(F)c1. The van der Waals surface area contributed by atoms with Crippen molar-refractivity contribution in [2.45, 2.75) is 108 Å². The Hall–Kier alpha value is -2.98. The summed E-state index contributed by atoms with van der Waals surface area (Å²) in [6, 6.07) is 8.26. The van der Waals surface area contributed by atoms with Gasteiger partial charge in [-0.3, -0.25) is 9.00 Å². The van der Waals surface area contributed by atoms with E-state index in [9.17, 15) is 36.1 Å². The molecule has 1 aliphatic heterocycles. The van der Waals surface area contributed by atoms with E-state index in [1.165, 1.54) is 9.21 Å². The standard InChI is InChI=1S/C36H54F2N4O7S2/c1-5-9-31(10-6-2)50(46)24-33(40-36(45)49-30-13-15-42(16-14-30)51(4,47)48)35(44)41(22-26-12-8-11-25(7-3)17-26)23-34(43)32(39)20-27-18-28(37)21-29(38)19-27/h8,11-12,17-19,21,30-34,43H,5-7,9-10,13-16,20,22-24,39H2,1-4H3,(H,40,45)/t32-,33?,34+,50?/m0/s1. The molecular weight excluding hydrogens is 703 g/mol. The van der Waals surface area contributed by atoms with Crippen LogP contribution in [-0.4, -0.2) is 100 Å². The maximum Gasteiger partial charge on any atom is 0.408 e. The van der Waals surface area contributed by atoms with Crippen molar-refractivity contribution < 1.29 is 40.8 Å². The van der Waals surface area contributed by atoms with E-state index in [2.05, 4.69) is 5.32 Å². The highest BCUT2D eigenvalue weighted by Crippen LogP contribution is 2.19. The number of carbonyl (C=O) groups excluding carboxylic acids is 2. The molecule has 3 rings (SSSR count). The molecule has 0 aliphatic carbocycles. The Morgan fingerprint density at radius 1 is 1.04 bits per heavy atom. The third-order valence-corrected chi connectivity index (χ3v) is 12.2. The first-order chi connectivity index (χ1) is 24.1. The fraction of sp³-hybridized carbons (Fsp3) is 0.611. The maximum absolute atomic E-state index is 14.5. The van der Waals surface area contributed by atoms with E-state index >= 15 is 0 Å². The van der Waals surface area contributed by atoms with Gasteiger partial charge in [-0.1, -0.05) is 57.9 Å². The van der Waals surface area contributed by atoms with E-state index in [0.29, 0.717) is 12.8 Å². The van der Waals surface area contributed by atoms with E-state index in [1.54, 1.807) is 0 Å². The number of aliphatic hydroxyl groups is 1. The first-order valence-corrected chi connectivity index (χ1v) is 20.9. The van der Waals surface area contributed by atoms with Crippen LogP contribution in [0, 0.1) is 11.6 Å². The monoisotopic (exact) mass is 756 g/mol. The molecule has 11 nitrogen and oxygen atoms in total. The number of aliphatic hydroxyl groups excluding tert-OH is 1. The molecule has 1 saturated heterocycles. The van der Waals surface area contributed by atoms with Gasteiger partial charge in [0.05, 0.1) is 18.1 Å². The van der Waals surface area contributed by atoms with Gasteiger partial charge in [0.2, 0.25) is 15.9 Å². The molecule has 2 unspecified atom stereocenters. The molecule has 0 bridgehead atoms. The zero-order valence-corrected chi connectivity index (χ0v) is 31.7. The number of ether oxygens (including phenoxy) is 1. The minimum absolute atomic E-state index is 0.0300. The molecule has 0 radical (unpaired) electrons. The number of piperidine rings is 1. The number of amides is 2. The van der Waals surface area contributed by atoms with E-state index in [0.717, 1.165) is 54.8 Å². The lowest BCUT2D eigenvalue weighted by Gasteiger charge is -2.33. The Balaban J connectivity index is 1.89. The van der Waals surface area contributed by atoms with Crippen molar-refractivity contribution in [1.82, 2.24) is 14.5 Å². The average molecular weight is 757 g/mol. The Morgan fingerprint density at radius 3 is 2.22 bits per heavy atom. The Labute approximate surface area is 303 Å². The van der Waals surface area contributed by atoms with Crippen LogP contribution in [0.1, 0.15) is 76.0 Å². The first-order valence-electron chi connectivity index (χ1n) is 17.7. The van der Waals surface area contributed by atoms with Crippen LogP contribution < -0.4 is 11.1 Å². The summed E-state index contributed by atoms with van der Waals surface area (Å²) < 4.78 is 72.3. The summed E-state index contributed by atoms with van der Waals surface area (Å²) >= 11 is 0. The third kappa shape index (κ3) is 13.8. The van der Waals surface area contributed by atoms with Crippen LogP contribution in [0.5, 0.6) is 0 Å². The second-order valence-electron chi connectivity index (χ2n) is 13.3. The molecule has 0 aromatic heterocycles. The number of rotatable bonds is 19. The molecule has 4 N–H and O–H groups in total. The van der Waals surface area contributed by atoms with Crippen LogP contribution in [0.2, 0.25) is 0 Å². The summed E-state index contributed by atoms with van der Waals surface area (Å²) in [7, 11) is -4.90. The highest BCUT2D eigenvalue weighted by Gasteiger charge is 2.34. The van der Waals surface area contributed by atoms with Crippen LogP contribution in [0.4, 0.5) is 13.6 Å². The maximum atomic E-state index is 14.5. The third-order valence-electron chi connectivity index (χ3n) is 9.04. The largest absolute Gasteiger partial charge is 0.446 e. The van der Waals surface area contributed by atoms with Gasteiger partial charge in [0, 0.05) is 54.3 Å². The minimum atomic E-state index is -3.39. The summed E-state index contributed by atoms with van der Waals surface area (Å²) in [5.74, 6) is -2.36. The van der Waals surface area contributed by atoms with Crippen LogP contribution in [0.3, 0.4) is 0 Å². The molecule has 51 heavy (non-hydrogen) atoms. The lowest BCUT2D eigenvalue weighted by molar-refractivity contribution is -0.135. The normalized spacial score (nSPS) is 16.7. The lowest BCUT2D eigenvalue weighted by Crippen LogP contribution is -2.55. The van der Waals surface area contributed by atoms with E-state index in [1.807, 2.05) is 45.0 Å². The molecule has 2 aromatic carbocycles. The van der Waals surface area contributed by atoms with Crippen LogP contribution in [-0.2, 0) is 49.7 Å².